The van der Waals surface area contributed by atoms with Crippen LogP contribution >= 0.6 is 11.8 Å². The molecule has 1 saturated heterocycles. The smallest absolute Gasteiger partial charge is 0.315 e. The molecule has 0 radical (unpaired) electrons. The normalized spacial score (nSPS) is 18.0. The summed E-state index contributed by atoms with van der Waals surface area (Å²) in [6.45, 7) is 2.42. The lowest BCUT2D eigenvalue weighted by Crippen LogP contribution is -2.42. The van der Waals surface area contributed by atoms with E-state index in [2.05, 4.69) is 28.8 Å². The number of hydrogen-bond donors (Lipinski definition) is 2. The van der Waals surface area contributed by atoms with Crippen molar-refractivity contribution in [3.05, 3.63) is 34.9 Å². The van der Waals surface area contributed by atoms with Gasteiger partial charge in [0.25, 0.3) is 5.24 Å². The lowest BCUT2D eigenvalue weighted by Gasteiger charge is -2.20. The Bertz CT molecular complexity index is 676. The van der Waals surface area contributed by atoms with Gasteiger partial charge < -0.3 is 10.6 Å². The molecule has 7 heteroatoms. The van der Waals surface area contributed by atoms with Crippen molar-refractivity contribution < 1.29 is 14.4 Å². The summed E-state index contributed by atoms with van der Waals surface area (Å²) >= 11 is 1.00. The molecule has 1 aliphatic heterocycles. The minimum absolute atomic E-state index is 0.0992. The van der Waals surface area contributed by atoms with Gasteiger partial charge in [0.05, 0.1) is 11.8 Å². The molecule has 0 saturated carbocycles. The molecule has 1 aromatic carbocycles. The number of imide groups is 1. The minimum atomic E-state index is -0.294. The number of nitrogens with zero attached hydrogens (tertiary/aromatic N) is 1. The van der Waals surface area contributed by atoms with Gasteiger partial charge in [-0.1, -0.05) is 30.0 Å². The van der Waals surface area contributed by atoms with Gasteiger partial charge in [-0.05, 0) is 49.3 Å². The van der Waals surface area contributed by atoms with E-state index in [0.717, 1.165) is 30.2 Å². The van der Waals surface area contributed by atoms with Gasteiger partial charge in [0.15, 0.2) is 0 Å². The van der Waals surface area contributed by atoms with Crippen molar-refractivity contribution in [2.45, 2.75) is 38.6 Å². The van der Waals surface area contributed by atoms with Gasteiger partial charge in [0.2, 0.25) is 5.91 Å². The highest BCUT2D eigenvalue weighted by Gasteiger charge is 2.29. The summed E-state index contributed by atoms with van der Waals surface area (Å²) in [5.74, 6) is 0.0000519. The molecule has 6 nitrogen and oxygen atoms in total. The van der Waals surface area contributed by atoms with Crippen molar-refractivity contribution >= 4 is 28.9 Å². The molecular formula is C18H23N3O3S. The number of hydrogen-bond acceptors (Lipinski definition) is 4. The summed E-state index contributed by atoms with van der Waals surface area (Å²) in [5, 5.41) is 5.37. The summed E-state index contributed by atoms with van der Waals surface area (Å²) in [5.41, 5.74) is 3.91. The zero-order valence-electron chi connectivity index (χ0n) is 14.3. The summed E-state index contributed by atoms with van der Waals surface area (Å²) in [7, 11) is 0. The van der Waals surface area contributed by atoms with Crippen LogP contribution in [0.3, 0.4) is 0 Å². The molecule has 0 aromatic heterocycles. The number of carbonyl (C=O) groups is 3. The van der Waals surface area contributed by atoms with E-state index in [-0.39, 0.29) is 42.1 Å². The van der Waals surface area contributed by atoms with Crippen molar-refractivity contribution in [3.63, 3.8) is 0 Å². The molecule has 25 heavy (non-hydrogen) atoms. The Morgan fingerprint density at radius 2 is 2.00 bits per heavy atom. The first-order valence-electron chi connectivity index (χ1n) is 8.68. The second-order valence-electron chi connectivity index (χ2n) is 6.46. The van der Waals surface area contributed by atoms with E-state index in [0.29, 0.717) is 0 Å². The number of aryl methyl sites for hydroxylation is 2. The summed E-state index contributed by atoms with van der Waals surface area (Å²) < 4.78 is 0. The van der Waals surface area contributed by atoms with E-state index in [1.807, 2.05) is 6.92 Å². The first kappa shape index (κ1) is 17.8. The second-order valence-corrected chi connectivity index (χ2v) is 7.38. The molecule has 1 aromatic rings. The number of nitrogens with one attached hydrogen (secondary N) is 2. The predicted octanol–water partition coefficient (Wildman–Crippen LogP) is 2.62. The van der Waals surface area contributed by atoms with Crippen LogP contribution in [0, 0.1) is 0 Å². The van der Waals surface area contributed by atoms with Crippen LogP contribution in [-0.2, 0) is 17.6 Å². The molecule has 134 valence electrons. The SMILES string of the molecule is CC(NC(=O)NCCN1C(=O)CSC1=O)c1ccc2c(c1)CCCC2. The summed E-state index contributed by atoms with van der Waals surface area (Å²) in [6.07, 6.45) is 4.73. The maximum absolute atomic E-state index is 12.0. The maximum Gasteiger partial charge on any atom is 0.315 e. The average Bonchev–Trinajstić information content (AvgIpc) is 2.93. The standard InChI is InChI=1S/C18H23N3O3S/c1-12(14-7-6-13-4-2-3-5-15(13)10-14)20-17(23)19-8-9-21-16(22)11-25-18(21)24/h6-7,10,12H,2-5,8-9,11H2,1H3,(H2,19,20,23). The molecule has 1 unspecified atom stereocenters. The van der Waals surface area contributed by atoms with Crippen molar-refractivity contribution in [3.8, 4) is 0 Å². The van der Waals surface area contributed by atoms with Crippen LogP contribution in [0.4, 0.5) is 9.59 Å². The summed E-state index contributed by atoms with van der Waals surface area (Å²) in [4.78, 5) is 36.2. The molecule has 0 bridgehead atoms. The molecule has 1 heterocycles. The fraction of sp³-hybridized carbons (Fsp3) is 0.500. The first-order valence-corrected chi connectivity index (χ1v) is 9.66. The monoisotopic (exact) mass is 361 g/mol. The Labute approximate surface area is 151 Å². The molecule has 1 aliphatic carbocycles. The molecule has 1 fully saturated rings. The van der Waals surface area contributed by atoms with E-state index in [4.69, 9.17) is 0 Å². The van der Waals surface area contributed by atoms with Gasteiger partial charge in [0.1, 0.15) is 0 Å². The zero-order chi connectivity index (χ0) is 17.8. The Balaban J connectivity index is 1.47. The number of fused-ring (bicyclic) bond motifs is 1. The fourth-order valence-electron chi connectivity index (χ4n) is 3.23. The van der Waals surface area contributed by atoms with Crippen molar-refractivity contribution in [1.29, 1.82) is 0 Å². The van der Waals surface area contributed by atoms with Gasteiger partial charge in [-0.3, -0.25) is 14.5 Å². The third-order valence-corrected chi connectivity index (χ3v) is 5.54. The van der Waals surface area contributed by atoms with Gasteiger partial charge >= 0.3 is 6.03 Å². The van der Waals surface area contributed by atoms with Crippen molar-refractivity contribution in [2.75, 3.05) is 18.8 Å². The number of benzene rings is 1. The van der Waals surface area contributed by atoms with Gasteiger partial charge in [-0.15, -0.1) is 0 Å². The maximum atomic E-state index is 12.0. The molecule has 4 amide bonds. The van der Waals surface area contributed by atoms with Crippen LogP contribution in [0.15, 0.2) is 18.2 Å². The van der Waals surface area contributed by atoms with E-state index < -0.39 is 0 Å². The Hall–Kier alpha value is -2.02. The van der Waals surface area contributed by atoms with E-state index in [1.165, 1.54) is 28.9 Å². The average molecular weight is 361 g/mol. The lowest BCUT2D eigenvalue weighted by molar-refractivity contribution is -0.124. The van der Waals surface area contributed by atoms with Crippen LogP contribution in [0.25, 0.3) is 0 Å². The number of amides is 4. The Morgan fingerprint density at radius 1 is 1.24 bits per heavy atom. The number of rotatable bonds is 5. The van der Waals surface area contributed by atoms with Crippen LogP contribution in [-0.4, -0.2) is 40.9 Å². The number of urea groups is 1. The molecule has 2 N–H and O–H groups in total. The molecule has 0 spiro atoms. The van der Waals surface area contributed by atoms with Crippen LogP contribution in [0.1, 0.15) is 42.5 Å². The topological polar surface area (TPSA) is 78.5 Å². The highest BCUT2D eigenvalue weighted by molar-refractivity contribution is 8.14. The quantitative estimate of drug-likeness (QED) is 0.845. The van der Waals surface area contributed by atoms with Crippen LogP contribution in [0.2, 0.25) is 0 Å². The minimum Gasteiger partial charge on any atom is -0.336 e. The molecular weight excluding hydrogens is 338 g/mol. The lowest BCUT2D eigenvalue weighted by atomic mass is 9.89. The molecule has 2 aliphatic rings. The Morgan fingerprint density at radius 3 is 2.72 bits per heavy atom. The second kappa shape index (κ2) is 7.91. The van der Waals surface area contributed by atoms with E-state index >= 15 is 0 Å². The fourth-order valence-corrected chi connectivity index (χ4v) is 3.98. The van der Waals surface area contributed by atoms with Crippen LogP contribution in [0.5, 0.6) is 0 Å². The highest BCUT2D eigenvalue weighted by Crippen LogP contribution is 2.24. The third kappa shape index (κ3) is 4.34. The molecule has 1 atom stereocenters. The van der Waals surface area contributed by atoms with Crippen molar-refractivity contribution in [2.24, 2.45) is 0 Å². The van der Waals surface area contributed by atoms with E-state index in [1.54, 1.807) is 0 Å². The first-order chi connectivity index (χ1) is 12.0. The largest absolute Gasteiger partial charge is 0.336 e. The summed E-state index contributed by atoms with van der Waals surface area (Å²) in [6, 6.07) is 6.05. The zero-order valence-corrected chi connectivity index (χ0v) is 15.2. The highest BCUT2D eigenvalue weighted by atomic mass is 32.2. The van der Waals surface area contributed by atoms with Gasteiger partial charge in [-0.25, -0.2) is 4.79 Å². The van der Waals surface area contributed by atoms with Crippen molar-refractivity contribution in [1.82, 2.24) is 15.5 Å². The predicted molar refractivity (Wildman–Crippen MR) is 97.6 cm³/mol. The number of carbonyl (C=O) groups excluding carboxylic acids is 3. The van der Waals surface area contributed by atoms with Crippen LogP contribution < -0.4 is 10.6 Å². The number of thioether (sulfide) groups is 1. The van der Waals surface area contributed by atoms with Gasteiger partial charge in [0, 0.05) is 13.1 Å². The van der Waals surface area contributed by atoms with E-state index in [9.17, 15) is 14.4 Å². The van der Waals surface area contributed by atoms with Gasteiger partial charge in [-0.2, -0.15) is 0 Å². The Kier molecular flexibility index (Phi) is 5.63. The third-order valence-electron chi connectivity index (χ3n) is 4.68. The molecule has 3 rings (SSSR count).